The van der Waals surface area contributed by atoms with Gasteiger partial charge in [0.2, 0.25) is 11.8 Å². The van der Waals surface area contributed by atoms with Crippen molar-refractivity contribution in [3.63, 3.8) is 0 Å². The van der Waals surface area contributed by atoms with Gasteiger partial charge in [-0.15, -0.1) is 0 Å². The number of hydrogen-bond donors (Lipinski definition) is 2. The maximum atomic E-state index is 12.4. The molecule has 0 aliphatic rings. The molecule has 7 nitrogen and oxygen atoms in total. The molecule has 2 aromatic rings. The van der Waals surface area contributed by atoms with Gasteiger partial charge < -0.3 is 10.6 Å². The standard InChI is InChI=1S/C20H22N2O5S/c1-13-4-8-17(9-5-13)21-19(24)12-28(26,27)15(3)20(25)22-18-10-6-16(7-11-18)14(2)23/h4-11,15H,12H2,1-3H3,(H,21,24)(H,22,25). The van der Waals surface area contributed by atoms with Crippen molar-refractivity contribution < 1.29 is 22.8 Å². The van der Waals surface area contributed by atoms with Crippen LogP contribution < -0.4 is 10.6 Å². The summed E-state index contributed by atoms with van der Waals surface area (Å²) in [5, 5.41) is 3.57. The Labute approximate surface area is 164 Å². The van der Waals surface area contributed by atoms with E-state index in [2.05, 4.69) is 10.6 Å². The van der Waals surface area contributed by atoms with E-state index in [1.165, 1.54) is 38.1 Å². The predicted molar refractivity (Wildman–Crippen MR) is 108 cm³/mol. The summed E-state index contributed by atoms with van der Waals surface area (Å²) < 4.78 is 24.8. The second-order valence-corrected chi connectivity index (χ2v) is 8.81. The van der Waals surface area contributed by atoms with Gasteiger partial charge in [0, 0.05) is 16.9 Å². The summed E-state index contributed by atoms with van der Waals surface area (Å²) in [5.41, 5.74) is 2.33. The van der Waals surface area contributed by atoms with Crippen molar-refractivity contribution >= 4 is 38.8 Å². The number of benzene rings is 2. The van der Waals surface area contributed by atoms with Crippen LogP contribution in [0.2, 0.25) is 0 Å². The summed E-state index contributed by atoms with van der Waals surface area (Å²) in [5.74, 6) is -2.39. The zero-order valence-corrected chi connectivity index (χ0v) is 16.7. The number of Topliss-reactive ketones (excluding diaryl/α,β-unsaturated/α-hetero) is 1. The van der Waals surface area contributed by atoms with E-state index >= 15 is 0 Å². The first-order valence-corrected chi connectivity index (χ1v) is 10.3. The molecular weight excluding hydrogens is 380 g/mol. The Kier molecular flexibility index (Phi) is 6.69. The van der Waals surface area contributed by atoms with Gasteiger partial charge in [-0.25, -0.2) is 8.42 Å². The highest BCUT2D eigenvalue weighted by Crippen LogP contribution is 2.13. The summed E-state index contributed by atoms with van der Waals surface area (Å²) in [4.78, 5) is 35.6. The van der Waals surface area contributed by atoms with E-state index in [0.717, 1.165) is 5.56 Å². The molecule has 0 spiro atoms. The lowest BCUT2D eigenvalue weighted by atomic mass is 10.1. The van der Waals surface area contributed by atoms with Crippen molar-refractivity contribution in [1.82, 2.24) is 0 Å². The van der Waals surface area contributed by atoms with Crippen molar-refractivity contribution in [1.29, 1.82) is 0 Å². The largest absolute Gasteiger partial charge is 0.325 e. The lowest BCUT2D eigenvalue weighted by molar-refractivity contribution is -0.115. The average molecular weight is 402 g/mol. The molecule has 1 unspecified atom stereocenters. The third-order valence-corrected chi connectivity index (χ3v) is 6.09. The number of carbonyl (C=O) groups is 3. The van der Waals surface area contributed by atoms with E-state index in [9.17, 15) is 22.8 Å². The molecule has 2 rings (SSSR count). The van der Waals surface area contributed by atoms with E-state index in [1.54, 1.807) is 24.3 Å². The van der Waals surface area contributed by atoms with Crippen molar-refractivity contribution in [2.45, 2.75) is 26.0 Å². The first-order chi connectivity index (χ1) is 13.1. The number of carbonyl (C=O) groups excluding carboxylic acids is 3. The number of amides is 2. The van der Waals surface area contributed by atoms with Crippen LogP contribution in [-0.4, -0.2) is 37.0 Å². The molecule has 0 aliphatic carbocycles. The molecule has 0 bridgehead atoms. The van der Waals surface area contributed by atoms with Crippen molar-refractivity contribution in [2.75, 3.05) is 16.4 Å². The highest BCUT2D eigenvalue weighted by Gasteiger charge is 2.30. The SMILES string of the molecule is CC(=O)c1ccc(NC(=O)C(C)S(=O)(=O)CC(=O)Nc2ccc(C)cc2)cc1. The molecule has 0 aromatic heterocycles. The summed E-state index contributed by atoms with van der Waals surface area (Å²) in [7, 11) is -4.01. The number of aryl methyl sites for hydroxylation is 1. The molecule has 0 radical (unpaired) electrons. The fraction of sp³-hybridized carbons (Fsp3) is 0.250. The summed E-state index contributed by atoms with van der Waals surface area (Å²) in [6.07, 6.45) is 0. The molecule has 2 aromatic carbocycles. The highest BCUT2D eigenvalue weighted by atomic mass is 32.2. The van der Waals surface area contributed by atoms with Crippen LogP contribution in [0.5, 0.6) is 0 Å². The molecule has 0 saturated heterocycles. The van der Waals surface area contributed by atoms with Crippen LogP contribution in [0.15, 0.2) is 48.5 Å². The van der Waals surface area contributed by atoms with Crippen LogP contribution in [0, 0.1) is 6.92 Å². The second kappa shape index (κ2) is 8.79. The molecule has 0 saturated carbocycles. The zero-order valence-electron chi connectivity index (χ0n) is 15.9. The van der Waals surface area contributed by atoms with Crippen molar-refractivity contribution in [3.05, 3.63) is 59.7 Å². The van der Waals surface area contributed by atoms with E-state index < -0.39 is 32.7 Å². The van der Waals surface area contributed by atoms with Gasteiger partial charge in [-0.05, 0) is 57.2 Å². The fourth-order valence-electron chi connectivity index (χ4n) is 2.34. The van der Waals surface area contributed by atoms with Crippen LogP contribution in [0.25, 0.3) is 0 Å². The number of hydrogen-bond acceptors (Lipinski definition) is 5. The van der Waals surface area contributed by atoms with Gasteiger partial charge in [0.1, 0.15) is 11.0 Å². The molecule has 28 heavy (non-hydrogen) atoms. The molecule has 0 heterocycles. The monoisotopic (exact) mass is 402 g/mol. The molecule has 8 heteroatoms. The van der Waals surface area contributed by atoms with E-state index in [-0.39, 0.29) is 5.78 Å². The number of ketones is 1. The van der Waals surface area contributed by atoms with Gasteiger partial charge >= 0.3 is 0 Å². The Hall–Kier alpha value is -3.00. The number of nitrogens with one attached hydrogen (secondary N) is 2. The van der Waals surface area contributed by atoms with Crippen LogP contribution in [0.3, 0.4) is 0 Å². The molecule has 148 valence electrons. The van der Waals surface area contributed by atoms with E-state index in [0.29, 0.717) is 16.9 Å². The van der Waals surface area contributed by atoms with E-state index in [1.807, 2.05) is 6.92 Å². The maximum Gasteiger partial charge on any atom is 0.242 e. The Morgan fingerprint density at radius 2 is 1.39 bits per heavy atom. The Morgan fingerprint density at radius 1 is 0.893 bits per heavy atom. The Bertz CT molecular complexity index is 980. The molecule has 0 fully saturated rings. The Morgan fingerprint density at radius 3 is 1.93 bits per heavy atom. The lowest BCUT2D eigenvalue weighted by Gasteiger charge is -2.13. The minimum Gasteiger partial charge on any atom is -0.325 e. The smallest absolute Gasteiger partial charge is 0.242 e. The van der Waals surface area contributed by atoms with Gasteiger partial charge in [0.25, 0.3) is 0 Å². The number of sulfone groups is 1. The molecule has 2 amide bonds. The minimum absolute atomic E-state index is 0.117. The van der Waals surface area contributed by atoms with Gasteiger partial charge in [0.05, 0.1) is 0 Å². The zero-order chi connectivity index (χ0) is 20.9. The van der Waals surface area contributed by atoms with Gasteiger partial charge in [0.15, 0.2) is 15.6 Å². The average Bonchev–Trinajstić information content (AvgIpc) is 2.63. The number of rotatable bonds is 7. The third-order valence-electron chi connectivity index (χ3n) is 4.13. The number of anilines is 2. The topological polar surface area (TPSA) is 109 Å². The normalized spacial score (nSPS) is 12.1. The third kappa shape index (κ3) is 5.75. The van der Waals surface area contributed by atoms with Crippen LogP contribution in [0.4, 0.5) is 11.4 Å². The molecule has 0 aliphatic heterocycles. The van der Waals surface area contributed by atoms with Gasteiger partial charge in [-0.1, -0.05) is 17.7 Å². The minimum atomic E-state index is -4.01. The first kappa shape index (κ1) is 21.3. The quantitative estimate of drug-likeness (QED) is 0.692. The van der Waals surface area contributed by atoms with Crippen LogP contribution >= 0.6 is 0 Å². The summed E-state index contributed by atoms with van der Waals surface area (Å²) in [6, 6.07) is 13.0. The molecule has 1 atom stereocenters. The Balaban J connectivity index is 1.99. The van der Waals surface area contributed by atoms with E-state index in [4.69, 9.17) is 0 Å². The molecular formula is C20H22N2O5S. The highest BCUT2D eigenvalue weighted by molar-refractivity contribution is 7.93. The van der Waals surface area contributed by atoms with Crippen molar-refractivity contribution in [3.8, 4) is 0 Å². The second-order valence-electron chi connectivity index (χ2n) is 6.49. The summed E-state index contributed by atoms with van der Waals surface area (Å²) >= 11 is 0. The molecule has 2 N–H and O–H groups in total. The summed E-state index contributed by atoms with van der Waals surface area (Å²) in [6.45, 7) is 4.54. The maximum absolute atomic E-state index is 12.4. The fourth-order valence-corrected chi connectivity index (χ4v) is 3.41. The van der Waals surface area contributed by atoms with Crippen LogP contribution in [-0.2, 0) is 19.4 Å². The van der Waals surface area contributed by atoms with Crippen molar-refractivity contribution in [2.24, 2.45) is 0 Å². The van der Waals surface area contributed by atoms with Gasteiger partial charge in [-0.2, -0.15) is 0 Å². The lowest BCUT2D eigenvalue weighted by Crippen LogP contribution is -2.37. The van der Waals surface area contributed by atoms with Gasteiger partial charge in [-0.3, -0.25) is 14.4 Å². The van der Waals surface area contributed by atoms with Crippen LogP contribution in [0.1, 0.15) is 29.8 Å². The predicted octanol–water partition coefficient (Wildman–Crippen LogP) is 2.58. The first-order valence-electron chi connectivity index (χ1n) is 8.58.